The minimum atomic E-state index is -0.578. The first kappa shape index (κ1) is 22.4. The summed E-state index contributed by atoms with van der Waals surface area (Å²) in [6, 6.07) is 13.2. The number of carbonyl (C=O) groups excluding carboxylic acids is 3. The van der Waals surface area contributed by atoms with Crippen LogP contribution < -0.4 is 10.2 Å². The second-order valence-corrected chi connectivity index (χ2v) is 8.33. The fourth-order valence-corrected chi connectivity index (χ4v) is 4.58. The van der Waals surface area contributed by atoms with Crippen molar-refractivity contribution in [2.45, 2.75) is 32.1 Å². The fraction of sp³-hybridized carbons (Fsp3) is 0.375. The number of non-ortho nitro benzene ring substituents is 1. The highest BCUT2D eigenvalue weighted by molar-refractivity contribution is 5.99. The van der Waals surface area contributed by atoms with Gasteiger partial charge in [-0.2, -0.15) is 0 Å². The van der Waals surface area contributed by atoms with Crippen LogP contribution in [0.3, 0.4) is 0 Å². The Bertz CT molecular complexity index is 1070. The molecule has 0 radical (unpaired) electrons. The summed E-state index contributed by atoms with van der Waals surface area (Å²) in [4.78, 5) is 50.3. The first-order valence-corrected chi connectivity index (χ1v) is 11.0. The Hall–Kier alpha value is -3.75. The first-order chi connectivity index (χ1) is 15.9. The molecule has 1 saturated carbocycles. The maximum absolute atomic E-state index is 13.3. The summed E-state index contributed by atoms with van der Waals surface area (Å²) in [6.07, 6.45) is 3.67. The van der Waals surface area contributed by atoms with Gasteiger partial charge in [-0.05, 0) is 43.0 Å². The summed E-state index contributed by atoms with van der Waals surface area (Å²) >= 11 is 0. The Kier molecular flexibility index (Phi) is 6.67. The van der Waals surface area contributed by atoms with Gasteiger partial charge >= 0.3 is 5.97 Å². The highest BCUT2D eigenvalue weighted by atomic mass is 16.6. The summed E-state index contributed by atoms with van der Waals surface area (Å²) in [5.41, 5.74) is 2.31. The van der Waals surface area contributed by atoms with Gasteiger partial charge in [0, 0.05) is 30.1 Å². The average Bonchev–Trinajstić information content (AvgIpc) is 3.26. The van der Waals surface area contributed by atoms with E-state index >= 15 is 0 Å². The van der Waals surface area contributed by atoms with Gasteiger partial charge in [-0.1, -0.05) is 31.0 Å². The minimum Gasteiger partial charge on any atom is -0.455 e. The van der Waals surface area contributed by atoms with Gasteiger partial charge in [-0.15, -0.1) is 0 Å². The van der Waals surface area contributed by atoms with E-state index in [0.29, 0.717) is 25.1 Å². The molecule has 2 unspecified atom stereocenters. The number of hydrogen-bond donors (Lipinski definition) is 1. The largest absolute Gasteiger partial charge is 0.455 e. The number of nitro groups is 1. The van der Waals surface area contributed by atoms with Crippen molar-refractivity contribution in [3.63, 3.8) is 0 Å². The van der Waals surface area contributed by atoms with Gasteiger partial charge in [0.15, 0.2) is 6.61 Å². The number of nitro benzene ring substituents is 1. The van der Waals surface area contributed by atoms with Crippen molar-refractivity contribution in [2.75, 3.05) is 23.4 Å². The SMILES string of the molecule is O=C(COC(=O)C1CCCCC1C(=O)N1CCc2ccccc21)Nc1ccc([N+](=O)[O-])cc1. The van der Waals surface area contributed by atoms with Gasteiger partial charge in [0.05, 0.1) is 16.8 Å². The topological polar surface area (TPSA) is 119 Å². The van der Waals surface area contributed by atoms with Crippen LogP contribution in [0.1, 0.15) is 31.2 Å². The molecule has 1 aliphatic carbocycles. The van der Waals surface area contributed by atoms with Crippen LogP contribution in [0.2, 0.25) is 0 Å². The molecular weight excluding hydrogens is 426 g/mol. The zero-order valence-corrected chi connectivity index (χ0v) is 18.1. The van der Waals surface area contributed by atoms with Crippen molar-refractivity contribution in [3.05, 3.63) is 64.2 Å². The predicted molar refractivity (Wildman–Crippen MR) is 121 cm³/mol. The fourth-order valence-electron chi connectivity index (χ4n) is 4.58. The van der Waals surface area contributed by atoms with Gasteiger partial charge in [-0.25, -0.2) is 0 Å². The number of benzene rings is 2. The normalized spacial score (nSPS) is 19.5. The number of anilines is 2. The third-order valence-electron chi connectivity index (χ3n) is 6.25. The lowest BCUT2D eigenvalue weighted by Gasteiger charge is -2.32. The second-order valence-electron chi connectivity index (χ2n) is 8.33. The number of fused-ring (bicyclic) bond motifs is 1. The molecule has 2 aromatic rings. The number of nitrogens with zero attached hydrogens (tertiary/aromatic N) is 2. The molecule has 2 amide bonds. The highest BCUT2D eigenvalue weighted by Crippen LogP contribution is 2.36. The summed E-state index contributed by atoms with van der Waals surface area (Å²) < 4.78 is 5.26. The molecule has 9 heteroatoms. The van der Waals surface area contributed by atoms with E-state index in [1.54, 1.807) is 4.90 Å². The maximum atomic E-state index is 13.3. The molecule has 0 aromatic heterocycles. The standard InChI is InChI=1S/C24H25N3O6/c28-22(25-17-9-11-18(12-10-17)27(31)32)15-33-24(30)20-7-3-2-6-19(20)23(29)26-14-13-16-5-1-4-8-21(16)26/h1,4-5,8-12,19-20H,2-3,6-7,13-15H2,(H,25,28). The van der Waals surface area contributed by atoms with Crippen LogP contribution >= 0.6 is 0 Å². The Balaban J connectivity index is 1.35. The molecule has 1 fully saturated rings. The van der Waals surface area contributed by atoms with Crippen LogP contribution in [0.4, 0.5) is 17.1 Å². The molecule has 0 spiro atoms. The quantitative estimate of drug-likeness (QED) is 0.408. The number of rotatable bonds is 6. The molecule has 0 saturated heterocycles. The number of carbonyl (C=O) groups is 3. The van der Waals surface area contributed by atoms with Crippen molar-refractivity contribution in [2.24, 2.45) is 11.8 Å². The molecule has 4 rings (SSSR count). The van der Waals surface area contributed by atoms with Crippen LogP contribution in [0.5, 0.6) is 0 Å². The van der Waals surface area contributed by atoms with Crippen molar-refractivity contribution in [1.29, 1.82) is 0 Å². The van der Waals surface area contributed by atoms with E-state index in [0.717, 1.165) is 30.5 Å². The molecule has 2 aromatic carbocycles. The third kappa shape index (κ3) is 5.02. The monoisotopic (exact) mass is 451 g/mol. The molecule has 0 bridgehead atoms. The van der Waals surface area contributed by atoms with Gasteiger partial charge < -0.3 is 15.0 Å². The Morgan fingerprint density at radius 2 is 1.73 bits per heavy atom. The van der Waals surface area contributed by atoms with Crippen molar-refractivity contribution >= 4 is 34.8 Å². The molecule has 2 atom stereocenters. The summed E-state index contributed by atoms with van der Waals surface area (Å²) in [5.74, 6) is -2.19. The summed E-state index contributed by atoms with van der Waals surface area (Å²) in [7, 11) is 0. The van der Waals surface area contributed by atoms with E-state index in [1.807, 2.05) is 24.3 Å². The smallest absolute Gasteiger partial charge is 0.310 e. The number of esters is 1. The van der Waals surface area contributed by atoms with E-state index in [2.05, 4.69) is 5.32 Å². The van der Waals surface area contributed by atoms with Crippen LogP contribution in [0.25, 0.3) is 0 Å². The predicted octanol–water partition coefficient (Wildman–Crippen LogP) is 3.47. The molecule has 33 heavy (non-hydrogen) atoms. The molecule has 1 heterocycles. The van der Waals surface area contributed by atoms with Crippen LogP contribution in [0, 0.1) is 22.0 Å². The van der Waals surface area contributed by atoms with E-state index < -0.39 is 35.2 Å². The molecular formula is C24H25N3O6. The Morgan fingerprint density at radius 3 is 2.45 bits per heavy atom. The number of para-hydroxylation sites is 1. The lowest BCUT2D eigenvalue weighted by molar-refractivity contribution is -0.384. The van der Waals surface area contributed by atoms with Crippen molar-refractivity contribution in [1.82, 2.24) is 0 Å². The highest BCUT2D eigenvalue weighted by Gasteiger charge is 2.40. The molecule has 1 aliphatic heterocycles. The van der Waals surface area contributed by atoms with Crippen molar-refractivity contribution in [3.8, 4) is 0 Å². The van der Waals surface area contributed by atoms with Gasteiger partial charge in [0.25, 0.3) is 11.6 Å². The summed E-state index contributed by atoms with van der Waals surface area (Å²) in [5, 5.41) is 13.3. The second kappa shape index (κ2) is 9.81. The zero-order chi connectivity index (χ0) is 23.4. The first-order valence-electron chi connectivity index (χ1n) is 11.0. The molecule has 1 N–H and O–H groups in total. The average molecular weight is 451 g/mol. The van der Waals surface area contributed by atoms with Gasteiger partial charge in [-0.3, -0.25) is 24.5 Å². The maximum Gasteiger partial charge on any atom is 0.310 e. The van der Waals surface area contributed by atoms with E-state index in [4.69, 9.17) is 4.74 Å². The van der Waals surface area contributed by atoms with Crippen LogP contribution in [-0.4, -0.2) is 35.9 Å². The zero-order valence-electron chi connectivity index (χ0n) is 18.1. The molecule has 9 nitrogen and oxygen atoms in total. The van der Waals surface area contributed by atoms with E-state index in [1.165, 1.54) is 24.3 Å². The minimum absolute atomic E-state index is 0.0584. The van der Waals surface area contributed by atoms with Crippen LogP contribution in [0.15, 0.2) is 48.5 Å². The van der Waals surface area contributed by atoms with Gasteiger partial charge in [0.1, 0.15) is 0 Å². The van der Waals surface area contributed by atoms with E-state index in [9.17, 15) is 24.5 Å². The van der Waals surface area contributed by atoms with Crippen molar-refractivity contribution < 1.29 is 24.0 Å². The van der Waals surface area contributed by atoms with E-state index in [-0.39, 0.29) is 11.6 Å². The molecule has 2 aliphatic rings. The van der Waals surface area contributed by atoms with Crippen LogP contribution in [-0.2, 0) is 25.5 Å². The Labute approximate surface area is 190 Å². The van der Waals surface area contributed by atoms with Gasteiger partial charge in [0.2, 0.25) is 5.91 Å². The molecule has 172 valence electrons. The number of hydrogen-bond acceptors (Lipinski definition) is 6. The lowest BCUT2D eigenvalue weighted by Crippen LogP contribution is -2.42. The lowest BCUT2D eigenvalue weighted by atomic mass is 9.78. The Morgan fingerprint density at radius 1 is 1.03 bits per heavy atom. The summed E-state index contributed by atoms with van der Waals surface area (Å²) in [6.45, 7) is 0.119. The number of ether oxygens (including phenoxy) is 1. The third-order valence-corrected chi connectivity index (χ3v) is 6.25. The number of amides is 2. The number of nitrogens with one attached hydrogen (secondary N) is 1.